The Balaban J connectivity index is 1.60. The van der Waals surface area contributed by atoms with Crippen molar-refractivity contribution in [3.63, 3.8) is 0 Å². The number of halogens is 1. The molecule has 5 nitrogen and oxygen atoms in total. The molecule has 0 radical (unpaired) electrons. The van der Waals surface area contributed by atoms with Crippen molar-refractivity contribution < 1.29 is 9.53 Å². The van der Waals surface area contributed by atoms with Crippen molar-refractivity contribution in [2.24, 2.45) is 22.7 Å². The van der Waals surface area contributed by atoms with E-state index in [0.717, 1.165) is 36.3 Å². The van der Waals surface area contributed by atoms with Crippen LogP contribution >= 0.6 is 11.6 Å². The molecule has 2 aromatic carbocycles. The van der Waals surface area contributed by atoms with Gasteiger partial charge in [0, 0.05) is 17.3 Å². The van der Waals surface area contributed by atoms with Gasteiger partial charge in [0.1, 0.15) is 0 Å². The van der Waals surface area contributed by atoms with E-state index in [9.17, 15) is 4.79 Å². The number of methoxy groups -OCH3 is 1. The van der Waals surface area contributed by atoms with Crippen molar-refractivity contribution in [1.29, 1.82) is 0 Å². The lowest BCUT2D eigenvalue weighted by atomic mass is 9.68. The summed E-state index contributed by atoms with van der Waals surface area (Å²) in [5, 5.41) is 0.768. The summed E-state index contributed by atoms with van der Waals surface area (Å²) in [5.41, 5.74) is 1.54. The van der Waals surface area contributed by atoms with E-state index in [1.54, 1.807) is 0 Å². The Bertz CT molecular complexity index is 1110. The Hall–Kier alpha value is -2.63. The topological polar surface area (TPSA) is 45.1 Å². The summed E-state index contributed by atoms with van der Waals surface area (Å²) >= 11 is 6.18. The highest BCUT2D eigenvalue weighted by Crippen LogP contribution is 2.46. The van der Waals surface area contributed by atoms with Gasteiger partial charge in [0.2, 0.25) is 0 Å². The van der Waals surface area contributed by atoms with Crippen LogP contribution in [0.3, 0.4) is 0 Å². The predicted molar refractivity (Wildman–Crippen MR) is 157 cm³/mol. The molecule has 1 heterocycles. The molecule has 1 aliphatic heterocycles. The summed E-state index contributed by atoms with van der Waals surface area (Å²) in [7, 11) is 5.82. The van der Waals surface area contributed by atoms with Gasteiger partial charge in [-0.25, -0.2) is 4.79 Å². The number of carbonyl (C=O) groups excluding carboxylic acids is 1. The fraction of sp³-hybridized carbons (Fsp3) is 0.500. The standard InChI is InChI=1S/C32H42ClN3O2/c1-23(2)21-32(31(37)38-5)30(36(22-34-32)20-19-24-9-7-6-8-10-24)27-13-11-25(12-14-27)29(35(3)4)26-15-17-28(33)18-16-26/h6-10,15-20,22-23,25,27,29-30H,11-14,21H2,1-5H3. The number of hydrogen-bond donors (Lipinski definition) is 0. The SMILES string of the molecule is COC(=O)C1(CC(C)C)N=CN(C=Cc2ccccc2)C1C1CCC(C(c2ccc(Cl)cc2)N(C)C)CC1. The smallest absolute Gasteiger partial charge is 0.336 e. The third-order valence-corrected chi connectivity index (χ3v) is 8.46. The van der Waals surface area contributed by atoms with Crippen molar-refractivity contribution in [3.8, 4) is 0 Å². The zero-order valence-electron chi connectivity index (χ0n) is 23.4. The van der Waals surface area contributed by atoms with Gasteiger partial charge in [-0.1, -0.05) is 67.9 Å². The van der Waals surface area contributed by atoms with Crippen LogP contribution < -0.4 is 0 Å². The van der Waals surface area contributed by atoms with Crippen LogP contribution in [0.25, 0.3) is 6.08 Å². The number of carbonyl (C=O) groups is 1. The third kappa shape index (κ3) is 6.16. The van der Waals surface area contributed by atoms with E-state index in [-0.39, 0.29) is 12.0 Å². The number of esters is 1. The highest BCUT2D eigenvalue weighted by molar-refractivity contribution is 6.30. The van der Waals surface area contributed by atoms with Crippen LogP contribution in [-0.4, -0.2) is 54.9 Å². The zero-order chi connectivity index (χ0) is 27.3. The normalized spacial score (nSPS) is 26.4. The van der Waals surface area contributed by atoms with Gasteiger partial charge >= 0.3 is 5.97 Å². The lowest BCUT2D eigenvalue weighted by molar-refractivity contribution is -0.150. The van der Waals surface area contributed by atoms with Crippen LogP contribution in [0, 0.1) is 17.8 Å². The number of benzene rings is 2. The summed E-state index contributed by atoms with van der Waals surface area (Å²) in [6.45, 7) is 4.31. The fourth-order valence-electron chi connectivity index (χ4n) is 6.72. The van der Waals surface area contributed by atoms with Gasteiger partial charge in [0.15, 0.2) is 5.54 Å². The highest BCUT2D eigenvalue weighted by Gasteiger charge is 2.55. The molecule has 0 spiro atoms. The number of nitrogens with zero attached hydrogens (tertiary/aromatic N) is 3. The molecule has 6 heteroatoms. The van der Waals surface area contributed by atoms with Gasteiger partial charge in [0.25, 0.3) is 0 Å². The van der Waals surface area contributed by atoms with E-state index in [1.807, 2.05) is 36.7 Å². The number of aliphatic imine (C=N–C) groups is 1. The number of hydrogen-bond acceptors (Lipinski definition) is 5. The van der Waals surface area contributed by atoms with E-state index in [4.69, 9.17) is 21.3 Å². The van der Waals surface area contributed by atoms with Crippen molar-refractivity contribution in [1.82, 2.24) is 9.80 Å². The van der Waals surface area contributed by atoms with Gasteiger partial charge in [-0.3, -0.25) is 4.99 Å². The van der Waals surface area contributed by atoms with E-state index in [2.05, 4.69) is 74.3 Å². The average molecular weight is 536 g/mol. The summed E-state index contributed by atoms with van der Waals surface area (Å²) in [4.78, 5) is 22.8. The van der Waals surface area contributed by atoms with Gasteiger partial charge in [-0.15, -0.1) is 0 Å². The molecule has 2 aromatic rings. The van der Waals surface area contributed by atoms with Crippen molar-refractivity contribution >= 4 is 30.0 Å². The Morgan fingerprint density at radius 3 is 2.34 bits per heavy atom. The van der Waals surface area contributed by atoms with E-state index >= 15 is 0 Å². The maximum atomic E-state index is 13.4. The van der Waals surface area contributed by atoms with Crippen molar-refractivity contribution in [2.75, 3.05) is 21.2 Å². The number of rotatable bonds is 9. The lowest BCUT2D eigenvalue weighted by Crippen LogP contribution is -2.55. The average Bonchev–Trinajstić information content (AvgIpc) is 3.27. The molecule has 3 atom stereocenters. The summed E-state index contributed by atoms with van der Waals surface area (Å²) < 4.78 is 5.41. The molecule has 204 valence electrons. The molecule has 3 unspecified atom stereocenters. The van der Waals surface area contributed by atoms with Crippen LogP contribution in [-0.2, 0) is 9.53 Å². The van der Waals surface area contributed by atoms with Crippen molar-refractivity contribution in [2.45, 2.75) is 63.6 Å². The Kier molecular flexibility index (Phi) is 9.32. The van der Waals surface area contributed by atoms with Gasteiger partial charge in [-0.2, -0.15) is 0 Å². The zero-order valence-corrected chi connectivity index (χ0v) is 24.1. The Morgan fingerprint density at radius 2 is 1.76 bits per heavy atom. The van der Waals surface area contributed by atoms with Crippen LogP contribution in [0.4, 0.5) is 0 Å². The fourth-order valence-corrected chi connectivity index (χ4v) is 6.85. The number of ether oxygens (including phenoxy) is 1. The highest BCUT2D eigenvalue weighted by atomic mass is 35.5. The first-order chi connectivity index (χ1) is 18.2. The largest absolute Gasteiger partial charge is 0.467 e. The molecule has 38 heavy (non-hydrogen) atoms. The van der Waals surface area contributed by atoms with Gasteiger partial charge in [0.05, 0.1) is 19.5 Å². The predicted octanol–water partition coefficient (Wildman–Crippen LogP) is 7.09. The Morgan fingerprint density at radius 1 is 1.11 bits per heavy atom. The summed E-state index contributed by atoms with van der Waals surface area (Å²) in [5.74, 6) is 0.958. The first-order valence-electron chi connectivity index (χ1n) is 13.8. The van der Waals surface area contributed by atoms with E-state index < -0.39 is 5.54 Å². The molecule has 1 fully saturated rings. The Labute approximate surface area is 233 Å². The molecule has 0 amide bonds. The summed E-state index contributed by atoms with van der Waals surface area (Å²) in [6, 6.07) is 18.8. The second kappa shape index (κ2) is 12.5. The molecule has 0 saturated heterocycles. The van der Waals surface area contributed by atoms with Crippen LogP contribution in [0.15, 0.2) is 65.8 Å². The molecule has 0 aromatic heterocycles. The van der Waals surface area contributed by atoms with Crippen LogP contribution in [0.1, 0.15) is 63.1 Å². The molecular formula is C32H42ClN3O2. The first kappa shape index (κ1) is 28.4. The maximum absolute atomic E-state index is 13.4. The minimum atomic E-state index is -0.890. The third-order valence-electron chi connectivity index (χ3n) is 8.21. The molecule has 4 rings (SSSR count). The second-order valence-electron chi connectivity index (χ2n) is 11.5. The van der Waals surface area contributed by atoms with Gasteiger partial charge in [-0.05, 0) is 93.3 Å². The molecule has 0 bridgehead atoms. The lowest BCUT2D eigenvalue weighted by Gasteiger charge is -2.44. The van der Waals surface area contributed by atoms with E-state index in [1.165, 1.54) is 12.7 Å². The van der Waals surface area contributed by atoms with Gasteiger partial charge < -0.3 is 14.5 Å². The molecule has 2 aliphatic rings. The summed E-state index contributed by atoms with van der Waals surface area (Å²) in [6.07, 6.45) is 11.0. The van der Waals surface area contributed by atoms with Crippen LogP contribution in [0.2, 0.25) is 5.02 Å². The van der Waals surface area contributed by atoms with E-state index in [0.29, 0.717) is 30.2 Å². The first-order valence-corrected chi connectivity index (χ1v) is 14.2. The van der Waals surface area contributed by atoms with Crippen LogP contribution in [0.5, 0.6) is 0 Å². The monoisotopic (exact) mass is 535 g/mol. The minimum absolute atomic E-state index is 0.0633. The molecular weight excluding hydrogens is 494 g/mol. The quantitative estimate of drug-likeness (QED) is 0.321. The second-order valence-corrected chi connectivity index (χ2v) is 11.9. The minimum Gasteiger partial charge on any atom is -0.467 e. The molecule has 1 saturated carbocycles. The maximum Gasteiger partial charge on any atom is 0.336 e. The molecule has 1 aliphatic carbocycles. The molecule has 0 N–H and O–H groups in total. The van der Waals surface area contributed by atoms with Crippen molar-refractivity contribution in [3.05, 3.63) is 76.9 Å².